The molecule has 2 aliphatic heterocycles. The van der Waals surface area contributed by atoms with Crippen LogP contribution in [0, 0.1) is 5.82 Å². The maximum Gasteiger partial charge on any atom is 0.410 e. The molecule has 1 saturated heterocycles. The fourth-order valence-electron chi connectivity index (χ4n) is 4.91. The lowest BCUT2D eigenvalue weighted by molar-refractivity contribution is 0.0205. The van der Waals surface area contributed by atoms with Crippen LogP contribution in [0.25, 0.3) is 5.65 Å². The molecule has 1 aromatic carbocycles. The topological polar surface area (TPSA) is 124 Å². The van der Waals surface area contributed by atoms with Crippen molar-refractivity contribution < 1.29 is 23.5 Å². The summed E-state index contributed by atoms with van der Waals surface area (Å²) in [4.78, 5) is 35.2. The van der Waals surface area contributed by atoms with E-state index in [9.17, 15) is 14.0 Å². The van der Waals surface area contributed by atoms with Gasteiger partial charge < -0.3 is 25.4 Å². The molecule has 1 fully saturated rings. The number of halogens is 1. The Morgan fingerprint density at radius 2 is 2.03 bits per heavy atom. The van der Waals surface area contributed by atoms with Crippen LogP contribution in [-0.2, 0) is 17.7 Å². The van der Waals surface area contributed by atoms with Crippen molar-refractivity contribution in [3.05, 3.63) is 52.7 Å². The predicted octanol–water partition coefficient (Wildman–Crippen LogP) is 3.63. The first kappa shape index (κ1) is 24.8. The Morgan fingerprint density at radius 1 is 1.27 bits per heavy atom. The first-order valence-electron chi connectivity index (χ1n) is 12.4. The summed E-state index contributed by atoms with van der Waals surface area (Å²) in [6, 6.07) is 3.05. The maximum absolute atomic E-state index is 14.6. The molecule has 0 bridgehead atoms. The smallest absolute Gasteiger partial charge is 0.410 e. The lowest BCUT2D eigenvalue weighted by Crippen LogP contribution is -2.41. The highest BCUT2D eigenvalue weighted by atomic mass is 19.1. The molecule has 0 aliphatic carbocycles. The number of nitrogens with two attached hydrogens (primary N) is 1. The summed E-state index contributed by atoms with van der Waals surface area (Å²) < 4.78 is 27.4. The molecule has 0 spiro atoms. The Labute approximate surface area is 214 Å². The van der Waals surface area contributed by atoms with Crippen LogP contribution in [0.15, 0.2) is 24.5 Å². The van der Waals surface area contributed by atoms with Gasteiger partial charge in [0.25, 0.3) is 5.91 Å². The van der Waals surface area contributed by atoms with Crippen LogP contribution in [-0.4, -0.2) is 56.6 Å². The normalized spacial score (nSPS) is 15.9. The average Bonchev–Trinajstić information content (AvgIpc) is 3.50. The van der Waals surface area contributed by atoms with Crippen molar-refractivity contribution in [3.8, 4) is 5.75 Å². The van der Waals surface area contributed by atoms with Crippen molar-refractivity contribution in [1.82, 2.24) is 19.3 Å². The van der Waals surface area contributed by atoms with Crippen LogP contribution >= 0.6 is 0 Å². The highest BCUT2D eigenvalue weighted by Crippen LogP contribution is 2.33. The number of rotatable bonds is 5. The van der Waals surface area contributed by atoms with E-state index >= 15 is 0 Å². The van der Waals surface area contributed by atoms with Gasteiger partial charge in [-0.1, -0.05) is 0 Å². The highest BCUT2D eigenvalue weighted by Gasteiger charge is 2.29. The number of nitrogens with zero attached hydrogens (tertiary/aromatic N) is 4. The Balaban J connectivity index is 1.38. The van der Waals surface area contributed by atoms with Crippen molar-refractivity contribution in [2.45, 2.75) is 58.1 Å². The minimum atomic E-state index is -0.649. The molecule has 2 aliphatic rings. The average molecular weight is 511 g/mol. The number of likely N-dealkylation sites (tertiary alicyclic amines) is 1. The fraction of sp³-hybridized carbons (Fsp3) is 0.462. The predicted molar refractivity (Wildman–Crippen MR) is 134 cm³/mol. The zero-order valence-electron chi connectivity index (χ0n) is 21.2. The van der Waals surface area contributed by atoms with Crippen molar-refractivity contribution in [2.24, 2.45) is 5.73 Å². The summed E-state index contributed by atoms with van der Waals surface area (Å²) in [5, 5.41) is 3.20. The number of carbonyl (C=O) groups is 2. The Hall–Kier alpha value is -3.89. The van der Waals surface area contributed by atoms with Gasteiger partial charge in [0.15, 0.2) is 0 Å². The van der Waals surface area contributed by atoms with Crippen LogP contribution in [0.1, 0.15) is 66.7 Å². The number of aromatic nitrogens is 3. The molecule has 196 valence electrons. The molecule has 0 atom stereocenters. The van der Waals surface area contributed by atoms with Gasteiger partial charge in [-0.25, -0.2) is 19.2 Å². The molecule has 37 heavy (non-hydrogen) atoms. The molecule has 3 aromatic rings. The number of anilines is 1. The number of piperidine rings is 1. The second-order valence-electron chi connectivity index (χ2n) is 10.4. The number of hydrogen-bond acceptors (Lipinski definition) is 7. The Morgan fingerprint density at radius 3 is 2.73 bits per heavy atom. The number of hydrogen-bond donors (Lipinski definition) is 2. The van der Waals surface area contributed by atoms with Crippen LogP contribution in [0.2, 0.25) is 0 Å². The lowest BCUT2D eigenvalue weighted by atomic mass is 9.91. The summed E-state index contributed by atoms with van der Waals surface area (Å²) in [6.45, 7) is 7.33. The molecule has 10 nitrogen and oxygen atoms in total. The highest BCUT2D eigenvalue weighted by molar-refractivity contribution is 5.91. The molecule has 3 N–H and O–H groups in total. The van der Waals surface area contributed by atoms with Gasteiger partial charge in [0.05, 0.1) is 6.61 Å². The van der Waals surface area contributed by atoms with Gasteiger partial charge in [-0.3, -0.25) is 9.20 Å². The van der Waals surface area contributed by atoms with Gasteiger partial charge in [-0.05, 0) is 51.7 Å². The van der Waals surface area contributed by atoms with Crippen LogP contribution < -0.4 is 15.8 Å². The molecule has 2 aromatic heterocycles. The largest absolute Gasteiger partial charge is 0.493 e. The van der Waals surface area contributed by atoms with E-state index < -0.39 is 11.5 Å². The number of amides is 2. The summed E-state index contributed by atoms with van der Waals surface area (Å²) in [5.41, 5.74) is 7.89. The van der Waals surface area contributed by atoms with E-state index in [1.165, 1.54) is 6.07 Å². The van der Waals surface area contributed by atoms with Crippen LogP contribution in [0.4, 0.5) is 15.1 Å². The van der Waals surface area contributed by atoms with E-state index in [1.807, 2.05) is 20.8 Å². The van der Waals surface area contributed by atoms with Crippen molar-refractivity contribution >= 4 is 23.6 Å². The standard InChI is InChI=1S/C26H31FN6O4/c1-26(2,3)37-25(35)32-9-6-15(7-10-32)17-12-29-24(33-14-20(22(28)34)31-23(17)33)30-13-18-16-8-11-36-21(16)5-4-19(18)27/h4-5,12,14-15H,6-11,13H2,1-3H3,(H2,28,34)(H,29,30). The first-order chi connectivity index (χ1) is 17.6. The first-order valence-corrected chi connectivity index (χ1v) is 12.4. The van der Waals surface area contributed by atoms with Gasteiger partial charge in [-0.2, -0.15) is 0 Å². The Kier molecular flexibility index (Phi) is 6.38. The van der Waals surface area contributed by atoms with E-state index in [0.717, 1.165) is 11.1 Å². The number of fused-ring (bicyclic) bond motifs is 2. The number of primary amides is 1. The zero-order chi connectivity index (χ0) is 26.3. The molecule has 0 unspecified atom stereocenters. The number of nitrogens with one attached hydrogen (secondary N) is 1. The summed E-state index contributed by atoms with van der Waals surface area (Å²) in [5.74, 6) is 0.232. The van der Waals surface area contributed by atoms with Crippen molar-refractivity contribution in [3.63, 3.8) is 0 Å². The number of benzene rings is 1. The molecule has 2 amide bonds. The minimum absolute atomic E-state index is 0.0813. The zero-order valence-corrected chi connectivity index (χ0v) is 21.2. The molecule has 0 radical (unpaired) electrons. The van der Waals surface area contributed by atoms with Gasteiger partial charge >= 0.3 is 6.09 Å². The van der Waals surface area contributed by atoms with Gasteiger partial charge in [-0.15, -0.1) is 0 Å². The van der Waals surface area contributed by atoms with Crippen molar-refractivity contribution in [2.75, 3.05) is 25.0 Å². The fourth-order valence-corrected chi connectivity index (χ4v) is 4.91. The molecule has 5 rings (SSSR count). The van der Waals surface area contributed by atoms with Gasteiger partial charge in [0, 0.05) is 55.1 Å². The molecular formula is C26H31FN6O4. The van der Waals surface area contributed by atoms with Gasteiger partial charge in [0.1, 0.15) is 28.5 Å². The summed E-state index contributed by atoms with van der Waals surface area (Å²) in [7, 11) is 0. The van der Waals surface area contributed by atoms with E-state index in [-0.39, 0.29) is 30.1 Å². The van der Waals surface area contributed by atoms with Gasteiger partial charge in [0.2, 0.25) is 5.95 Å². The molecule has 4 heterocycles. The monoisotopic (exact) mass is 510 g/mol. The quantitative estimate of drug-likeness (QED) is 0.537. The number of imidazole rings is 1. The lowest BCUT2D eigenvalue weighted by Gasteiger charge is -2.33. The molecule has 11 heteroatoms. The number of ether oxygens (including phenoxy) is 2. The van der Waals surface area contributed by atoms with E-state index in [0.29, 0.717) is 61.9 Å². The third-order valence-corrected chi connectivity index (χ3v) is 6.72. The number of carbonyl (C=O) groups excluding carboxylic acids is 2. The van der Waals surface area contributed by atoms with Crippen LogP contribution in [0.3, 0.4) is 0 Å². The van der Waals surface area contributed by atoms with E-state index in [2.05, 4.69) is 15.3 Å². The minimum Gasteiger partial charge on any atom is -0.493 e. The summed E-state index contributed by atoms with van der Waals surface area (Å²) in [6.07, 6.45) is 4.99. The third-order valence-electron chi connectivity index (χ3n) is 6.72. The van der Waals surface area contributed by atoms with Crippen LogP contribution in [0.5, 0.6) is 5.75 Å². The second-order valence-corrected chi connectivity index (χ2v) is 10.4. The maximum atomic E-state index is 14.6. The SMILES string of the molecule is CC(C)(C)OC(=O)N1CCC(c2cnc(NCc3c(F)ccc4c3CCO4)n3cc(C(N)=O)nc23)CC1. The third kappa shape index (κ3) is 5.03. The second kappa shape index (κ2) is 9.53. The Bertz CT molecular complexity index is 1360. The molecular weight excluding hydrogens is 479 g/mol. The summed E-state index contributed by atoms with van der Waals surface area (Å²) >= 11 is 0. The van der Waals surface area contributed by atoms with E-state index in [4.69, 9.17) is 15.2 Å². The molecule has 0 saturated carbocycles. The van der Waals surface area contributed by atoms with Crippen molar-refractivity contribution in [1.29, 1.82) is 0 Å². The van der Waals surface area contributed by atoms with E-state index in [1.54, 1.807) is 27.8 Å².